The zero-order valence-corrected chi connectivity index (χ0v) is 12.2. The van der Waals surface area contributed by atoms with E-state index in [4.69, 9.17) is 4.74 Å². The number of methoxy groups -OCH3 is 1. The number of carbonyl (C=O) groups is 1. The van der Waals surface area contributed by atoms with Crippen LogP contribution in [0.3, 0.4) is 0 Å². The van der Waals surface area contributed by atoms with Gasteiger partial charge in [0.15, 0.2) is 0 Å². The molecule has 0 saturated heterocycles. The molecule has 0 amide bonds. The van der Waals surface area contributed by atoms with Crippen LogP contribution in [-0.4, -0.2) is 17.8 Å². The Morgan fingerprint density at radius 3 is 2.52 bits per heavy atom. The third-order valence-electron chi connectivity index (χ3n) is 3.11. The van der Waals surface area contributed by atoms with Gasteiger partial charge in [0.25, 0.3) is 5.69 Å². The molecule has 0 N–H and O–H groups in total. The van der Waals surface area contributed by atoms with Gasteiger partial charge in [0.05, 0.1) is 12.0 Å². The number of carbonyl (C=O) groups excluding carboxylic acids is 1. The SMILES string of the molecule is COc1cccc(C(=O)/C(C#N)=C\c2ccc([N+](=O)[O-])cc2)c1. The molecule has 0 spiro atoms. The predicted molar refractivity (Wildman–Crippen MR) is 84.0 cm³/mol. The summed E-state index contributed by atoms with van der Waals surface area (Å²) in [6, 6.07) is 13.9. The van der Waals surface area contributed by atoms with Crippen LogP contribution in [0, 0.1) is 21.4 Å². The smallest absolute Gasteiger partial charge is 0.269 e. The highest BCUT2D eigenvalue weighted by Crippen LogP contribution is 2.19. The number of rotatable bonds is 5. The maximum Gasteiger partial charge on any atom is 0.269 e. The number of nitro groups is 1. The number of Topliss-reactive ketones (excluding diaryl/α,β-unsaturated/α-hetero) is 1. The van der Waals surface area contributed by atoms with Crippen LogP contribution in [0.25, 0.3) is 6.08 Å². The van der Waals surface area contributed by atoms with Crippen molar-refractivity contribution < 1.29 is 14.5 Å². The van der Waals surface area contributed by atoms with Crippen molar-refractivity contribution in [2.45, 2.75) is 0 Å². The Labute approximate surface area is 132 Å². The van der Waals surface area contributed by atoms with Crippen LogP contribution in [0.15, 0.2) is 54.1 Å². The molecule has 23 heavy (non-hydrogen) atoms. The lowest BCUT2D eigenvalue weighted by Gasteiger charge is -2.03. The molecule has 0 saturated carbocycles. The van der Waals surface area contributed by atoms with Crippen molar-refractivity contribution in [1.82, 2.24) is 0 Å². The maximum absolute atomic E-state index is 12.4. The third-order valence-corrected chi connectivity index (χ3v) is 3.11. The van der Waals surface area contributed by atoms with E-state index >= 15 is 0 Å². The third kappa shape index (κ3) is 3.80. The van der Waals surface area contributed by atoms with Crippen molar-refractivity contribution in [2.24, 2.45) is 0 Å². The number of non-ortho nitro benzene ring substituents is 1. The molecule has 0 aliphatic rings. The number of ketones is 1. The summed E-state index contributed by atoms with van der Waals surface area (Å²) in [5.41, 5.74) is 0.745. The van der Waals surface area contributed by atoms with Gasteiger partial charge >= 0.3 is 0 Å². The molecule has 6 nitrogen and oxygen atoms in total. The first-order valence-electron chi connectivity index (χ1n) is 6.60. The number of nitro benzene ring substituents is 1. The van der Waals surface area contributed by atoms with E-state index in [1.165, 1.54) is 37.5 Å². The Morgan fingerprint density at radius 1 is 1.26 bits per heavy atom. The second kappa shape index (κ2) is 7.00. The highest BCUT2D eigenvalue weighted by Gasteiger charge is 2.13. The second-order valence-corrected chi connectivity index (χ2v) is 4.58. The summed E-state index contributed by atoms with van der Waals surface area (Å²) in [6.07, 6.45) is 1.39. The molecule has 0 radical (unpaired) electrons. The van der Waals surface area contributed by atoms with Crippen LogP contribution in [0.1, 0.15) is 15.9 Å². The normalized spacial score (nSPS) is 10.7. The van der Waals surface area contributed by atoms with Crippen molar-refractivity contribution in [3.8, 4) is 11.8 Å². The monoisotopic (exact) mass is 308 g/mol. The van der Waals surface area contributed by atoms with Gasteiger partial charge < -0.3 is 4.74 Å². The lowest BCUT2D eigenvalue weighted by Crippen LogP contribution is -2.02. The molecule has 6 heteroatoms. The standard InChI is InChI=1S/C17H12N2O4/c1-23-16-4-2-3-13(10-16)17(20)14(11-18)9-12-5-7-15(8-6-12)19(21)22/h2-10H,1H3/b14-9-. The van der Waals surface area contributed by atoms with E-state index in [9.17, 15) is 20.2 Å². The van der Waals surface area contributed by atoms with Gasteiger partial charge in [-0.3, -0.25) is 14.9 Å². The Bertz CT molecular complexity index is 817. The molecular formula is C17H12N2O4. The first-order chi connectivity index (χ1) is 11.0. The Balaban J connectivity index is 2.32. The Kier molecular flexibility index (Phi) is 4.85. The molecule has 0 fully saturated rings. The number of hydrogen-bond acceptors (Lipinski definition) is 5. The first kappa shape index (κ1) is 15.9. The molecule has 2 rings (SSSR count). The van der Waals surface area contributed by atoms with Crippen LogP contribution in [0.4, 0.5) is 5.69 Å². The van der Waals surface area contributed by atoms with Gasteiger partial charge in [0, 0.05) is 17.7 Å². The number of benzene rings is 2. The van der Waals surface area contributed by atoms with Crippen molar-refractivity contribution >= 4 is 17.5 Å². The van der Waals surface area contributed by atoms with Crippen molar-refractivity contribution in [2.75, 3.05) is 7.11 Å². The average molecular weight is 308 g/mol. The van der Waals surface area contributed by atoms with Crippen molar-refractivity contribution in [3.05, 3.63) is 75.3 Å². The summed E-state index contributed by atoms with van der Waals surface area (Å²) in [4.78, 5) is 22.5. The molecule has 0 atom stereocenters. The van der Waals surface area contributed by atoms with Gasteiger partial charge in [0.2, 0.25) is 5.78 Å². The maximum atomic E-state index is 12.4. The quantitative estimate of drug-likeness (QED) is 0.277. The Morgan fingerprint density at radius 2 is 1.96 bits per heavy atom. The van der Waals surface area contributed by atoms with E-state index < -0.39 is 10.7 Å². The zero-order valence-electron chi connectivity index (χ0n) is 12.2. The highest BCUT2D eigenvalue weighted by atomic mass is 16.6. The summed E-state index contributed by atoms with van der Waals surface area (Å²) in [5.74, 6) is 0.0771. The van der Waals surface area contributed by atoms with E-state index in [2.05, 4.69) is 0 Å². The molecule has 0 aromatic heterocycles. The lowest BCUT2D eigenvalue weighted by molar-refractivity contribution is -0.384. The molecule has 0 bridgehead atoms. The fourth-order valence-corrected chi connectivity index (χ4v) is 1.93. The Hall–Kier alpha value is -3.46. The minimum Gasteiger partial charge on any atom is -0.497 e. The van der Waals surface area contributed by atoms with Crippen LogP contribution < -0.4 is 4.74 Å². The molecule has 0 unspecified atom stereocenters. The molecule has 2 aromatic carbocycles. The van der Waals surface area contributed by atoms with Gasteiger partial charge in [-0.15, -0.1) is 0 Å². The molecule has 0 aliphatic carbocycles. The fraction of sp³-hybridized carbons (Fsp3) is 0.0588. The van der Waals surface area contributed by atoms with Crippen molar-refractivity contribution in [1.29, 1.82) is 5.26 Å². The first-order valence-corrected chi connectivity index (χ1v) is 6.60. The van der Waals surface area contributed by atoms with E-state index in [1.807, 2.05) is 6.07 Å². The second-order valence-electron chi connectivity index (χ2n) is 4.58. The van der Waals surface area contributed by atoms with E-state index in [0.29, 0.717) is 16.9 Å². The van der Waals surface area contributed by atoms with Gasteiger partial charge in [-0.2, -0.15) is 5.26 Å². The van der Waals surface area contributed by atoms with E-state index in [1.54, 1.807) is 24.3 Å². The summed E-state index contributed by atoms with van der Waals surface area (Å²) < 4.78 is 5.05. The van der Waals surface area contributed by atoms with Crippen LogP contribution in [0.2, 0.25) is 0 Å². The lowest BCUT2D eigenvalue weighted by atomic mass is 10.0. The van der Waals surface area contributed by atoms with Gasteiger partial charge in [-0.1, -0.05) is 12.1 Å². The minimum atomic E-state index is -0.514. The van der Waals surface area contributed by atoms with Crippen molar-refractivity contribution in [3.63, 3.8) is 0 Å². The van der Waals surface area contributed by atoms with Crippen LogP contribution in [-0.2, 0) is 0 Å². The highest BCUT2D eigenvalue weighted by molar-refractivity contribution is 6.14. The number of nitrogens with zero attached hydrogens (tertiary/aromatic N) is 2. The van der Waals surface area contributed by atoms with Crippen LogP contribution >= 0.6 is 0 Å². The summed E-state index contributed by atoms with van der Waals surface area (Å²) in [5, 5.41) is 19.8. The topological polar surface area (TPSA) is 93.2 Å². The van der Waals surface area contributed by atoms with Crippen LogP contribution in [0.5, 0.6) is 5.75 Å². The largest absolute Gasteiger partial charge is 0.497 e. The summed E-state index contributed by atoms with van der Waals surface area (Å²) >= 11 is 0. The number of ether oxygens (including phenoxy) is 1. The molecule has 0 heterocycles. The summed E-state index contributed by atoms with van der Waals surface area (Å²) in [7, 11) is 1.49. The van der Waals surface area contributed by atoms with E-state index in [0.717, 1.165) is 0 Å². The summed E-state index contributed by atoms with van der Waals surface area (Å²) in [6.45, 7) is 0. The van der Waals surface area contributed by atoms with Gasteiger partial charge in [-0.05, 0) is 35.9 Å². The molecule has 114 valence electrons. The molecule has 2 aromatic rings. The number of nitriles is 1. The number of allylic oxidation sites excluding steroid dienone is 1. The van der Waals surface area contributed by atoms with E-state index in [-0.39, 0.29) is 11.3 Å². The predicted octanol–water partition coefficient (Wildman–Crippen LogP) is 3.39. The minimum absolute atomic E-state index is 0.0558. The number of hydrogen-bond donors (Lipinski definition) is 0. The fourth-order valence-electron chi connectivity index (χ4n) is 1.93. The zero-order chi connectivity index (χ0) is 16.8. The van der Waals surface area contributed by atoms with Gasteiger partial charge in [0.1, 0.15) is 17.4 Å². The van der Waals surface area contributed by atoms with Gasteiger partial charge in [-0.25, -0.2) is 0 Å². The molecule has 0 aliphatic heterocycles. The molecular weight excluding hydrogens is 296 g/mol. The average Bonchev–Trinajstić information content (AvgIpc) is 2.59.